The predicted octanol–water partition coefficient (Wildman–Crippen LogP) is 0.673. The summed E-state index contributed by atoms with van der Waals surface area (Å²) in [6.07, 6.45) is 0. The van der Waals surface area contributed by atoms with Crippen molar-refractivity contribution in [1.29, 1.82) is 0 Å². The Kier molecular flexibility index (Phi) is 3.88. The summed E-state index contributed by atoms with van der Waals surface area (Å²) < 4.78 is 22.4. The van der Waals surface area contributed by atoms with Crippen LogP contribution in [0.2, 0.25) is 0 Å². The minimum absolute atomic E-state index is 0.171. The quantitative estimate of drug-likeness (QED) is 0.733. The number of hydrogen-bond acceptors (Lipinski definition) is 4. The molecule has 3 nitrogen and oxygen atoms in total. The van der Waals surface area contributed by atoms with Gasteiger partial charge >= 0.3 is 0 Å². The molecule has 1 aliphatic heterocycles. The monoisotopic (exact) mass is 237 g/mol. The lowest BCUT2D eigenvalue weighted by atomic mass is 9.95. The second-order valence-corrected chi connectivity index (χ2v) is 7.37. The number of nitrogens with zero attached hydrogens (tertiary/aromatic N) is 1. The molecule has 0 aromatic carbocycles. The third-order valence-electron chi connectivity index (χ3n) is 2.52. The van der Waals surface area contributed by atoms with Crippen LogP contribution in [0.5, 0.6) is 0 Å². The van der Waals surface area contributed by atoms with Crippen molar-refractivity contribution in [3.63, 3.8) is 0 Å². The molecule has 14 heavy (non-hydrogen) atoms. The Morgan fingerprint density at radius 2 is 1.79 bits per heavy atom. The summed E-state index contributed by atoms with van der Waals surface area (Å²) in [4.78, 5) is 2.22. The molecule has 0 aromatic rings. The van der Waals surface area contributed by atoms with Gasteiger partial charge in [-0.05, 0) is 11.2 Å². The fourth-order valence-corrected chi connectivity index (χ4v) is 2.94. The summed E-state index contributed by atoms with van der Waals surface area (Å²) in [6.45, 7) is 6.61. The molecule has 0 unspecified atom stereocenters. The maximum absolute atomic E-state index is 11.2. The van der Waals surface area contributed by atoms with Gasteiger partial charge in [0, 0.05) is 19.6 Å². The van der Waals surface area contributed by atoms with Crippen molar-refractivity contribution < 1.29 is 8.42 Å². The maximum Gasteiger partial charge on any atom is 0.152 e. The summed E-state index contributed by atoms with van der Waals surface area (Å²) in [6, 6.07) is 0. The average molecular weight is 237 g/mol. The highest BCUT2D eigenvalue weighted by Gasteiger charge is 2.26. The van der Waals surface area contributed by atoms with Crippen LogP contribution in [0.1, 0.15) is 13.8 Å². The Balaban J connectivity index is 2.44. The molecule has 1 aliphatic rings. The predicted molar refractivity (Wildman–Crippen MR) is 62.7 cm³/mol. The van der Waals surface area contributed by atoms with Crippen molar-refractivity contribution in [1.82, 2.24) is 4.90 Å². The lowest BCUT2D eigenvalue weighted by Crippen LogP contribution is -2.44. The first kappa shape index (κ1) is 12.3. The van der Waals surface area contributed by atoms with Crippen molar-refractivity contribution >= 4 is 22.5 Å². The third kappa shape index (κ3) is 3.79. The van der Waals surface area contributed by atoms with Crippen molar-refractivity contribution in [3.05, 3.63) is 0 Å². The molecule has 0 bridgehead atoms. The molecule has 1 saturated heterocycles. The third-order valence-corrected chi connectivity index (χ3v) is 4.98. The summed E-state index contributed by atoms with van der Waals surface area (Å²) in [5.41, 5.74) is 0.171. The normalized spacial score (nSPS) is 23.6. The zero-order chi connectivity index (χ0) is 10.8. The number of rotatable bonds is 3. The summed E-state index contributed by atoms with van der Waals surface area (Å²) in [5, 5.41) is 0. The first-order valence-electron chi connectivity index (χ1n) is 4.88. The zero-order valence-corrected chi connectivity index (χ0v) is 10.6. The molecule has 0 spiro atoms. The van der Waals surface area contributed by atoms with Crippen LogP contribution in [0.3, 0.4) is 0 Å². The maximum atomic E-state index is 11.2. The molecule has 0 atom stereocenters. The van der Waals surface area contributed by atoms with Crippen LogP contribution in [0, 0.1) is 5.41 Å². The lowest BCUT2D eigenvalue weighted by Gasteiger charge is -2.33. The summed E-state index contributed by atoms with van der Waals surface area (Å²) in [5.74, 6) is 1.46. The van der Waals surface area contributed by atoms with E-state index in [1.165, 1.54) is 0 Å². The van der Waals surface area contributed by atoms with E-state index in [0.29, 0.717) is 24.6 Å². The van der Waals surface area contributed by atoms with E-state index in [-0.39, 0.29) is 5.41 Å². The highest BCUT2D eigenvalue weighted by atomic mass is 32.2. The smallest absolute Gasteiger partial charge is 0.152 e. The number of hydrogen-bond donors (Lipinski definition) is 1. The van der Waals surface area contributed by atoms with Gasteiger partial charge in [0.25, 0.3) is 0 Å². The van der Waals surface area contributed by atoms with Crippen LogP contribution < -0.4 is 0 Å². The standard InChI is InChI=1S/C9H19NO2S2/c1-9(2,8-13)7-10-3-5-14(11,12)6-4-10/h13H,3-8H2,1-2H3. The Hall–Kier alpha value is 0.260. The van der Waals surface area contributed by atoms with E-state index >= 15 is 0 Å². The summed E-state index contributed by atoms with van der Waals surface area (Å²) >= 11 is 4.29. The second-order valence-electron chi connectivity index (χ2n) is 4.75. The molecule has 0 aromatic heterocycles. The molecule has 1 heterocycles. The van der Waals surface area contributed by atoms with Gasteiger partial charge in [0.2, 0.25) is 0 Å². The molecule has 0 saturated carbocycles. The second kappa shape index (κ2) is 4.41. The summed E-state index contributed by atoms with van der Waals surface area (Å²) in [7, 11) is -2.74. The Bertz CT molecular complexity index is 271. The van der Waals surface area contributed by atoms with Crippen LogP contribution in [0.4, 0.5) is 0 Å². The van der Waals surface area contributed by atoms with Gasteiger partial charge < -0.3 is 4.90 Å². The van der Waals surface area contributed by atoms with Gasteiger partial charge in [0.05, 0.1) is 11.5 Å². The van der Waals surface area contributed by atoms with E-state index in [1.807, 2.05) is 0 Å². The highest BCUT2D eigenvalue weighted by Crippen LogP contribution is 2.19. The minimum atomic E-state index is -2.74. The Labute approximate surface area is 92.2 Å². The van der Waals surface area contributed by atoms with Gasteiger partial charge in [-0.2, -0.15) is 12.6 Å². The topological polar surface area (TPSA) is 37.4 Å². The van der Waals surface area contributed by atoms with Gasteiger partial charge in [0.1, 0.15) is 0 Å². The first-order valence-corrected chi connectivity index (χ1v) is 7.34. The fourth-order valence-electron chi connectivity index (χ4n) is 1.56. The Morgan fingerprint density at radius 1 is 1.29 bits per heavy atom. The molecule has 0 radical (unpaired) electrons. The van der Waals surface area contributed by atoms with E-state index in [9.17, 15) is 8.42 Å². The van der Waals surface area contributed by atoms with E-state index in [1.54, 1.807) is 0 Å². The molecular weight excluding hydrogens is 218 g/mol. The van der Waals surface area contributed by atoms with E-state index in [0.717, 1.165) is 12.3 Å². The molecular formula is C9H19NO2S2. The first-order chi connectivity index (χ1) is 6.35. The van der Waals surface area contributed by atoms with Crippen LogP contribution in [0.15, 0.2) is 0 Å². The van der Waals surface area contributed by atoms with E-state index in [4.69, 9.17) is 0 Å². The fraction of sp³-hybridized carbons (Fsp3) is 1.00. The van der Waals surface area contributed by atoms with Crippen molar-refractivity contribution in [2.24, 2.45) is 5.41 Å². The number of thiol groups is 1. The molecule has 1 rings (SSSR count). The number of sulfone groups is 1. The zero-order valence-electron chi connectivity index (χ0n) is 8.86. The van der Waals surface area contributed by atoms with E-state index in [2.05, 4.69) is 31.4 Å². The van der Waals surface area contributed by atoms with Gasteiger partial charge in [-0.15, -0.1) is 0 Å². The minimum Gasteiger partial charge on any atom is -0.301 e. The molecule has 1 fully saturated rings. The van der Waals surface area contributed by atoms with E-state index < -0.39 is 9.84 Å². The van der Waals surface area contributed by atoms with Crippen molar-refractivity contribution in [2.45, 2.75) is 13.8 Å². The van der Waals surface area contributed by atoms with Gasteiger partial charge in [-0.3, -0.25) is 0 Å². The SMILES string of the molecule is CC(C)(CS)CN1CCS(=O)(=O)CC1. The average Bonchev–Trinajstić information content (AvgIpc) is 2.09. The lowest BCUT2D eigenvalue weighted by molar-refractivity contribution is 0.208. The van der Waals surface area contributed by atoms with Crippen LogP contribution >= 0.6 is 12.6 Å². The molecule has 0 amide bonds. The molecule has 0 N–H and O–H groups in total. The van der Waals surface area contributed by atoms with Crippen molar-refractivity contribution in [3.8, 4) is 0 Å². The van der Waals surface area contributed by atoms with Gasteiger partial charge in [0.15, 0.2) is 9.84 Å². The molecule has 0 aliphatic carbocycles. The van der Waals surface area contributed by atoms with Gasteiger partial charge in [-0.25, -0.2) is 8.42 Å². The molecule has 84 valence electrons. The largest absolute Gasteiger partial charge is 0.301 e. The highest BCUT2D eigenvalue weighted by molar-refractivity contribution is 7.91. The van der Waals surface area contributed by atoms with Crippen LogP contribution in [0.25, 0.3) is 0 Å². The van der Waals surface area contributed by atoms with Crippen molar-refractivity contribution in [2.75, 3.05) is 36.9 Å². The Morgan fingerprint density at radius 3 is 2.21 bits per heavy atom. The van der Waals surface area contributed by atoms with Gasteiger partial charge in [-0.1, -0.05) is 13.8 Å². The van der Waals surface area contributed by atoms with Crippen LogP contribution in [-0.2, 0) is 9.84 Å². The molecule has 5 heteroatoms. The van der Waals surface area contributed by atoms with Crippen LogP contribution in [-0.4, -0.2) is 50.2 Å².